The monoisotopic (exact) mass is 566 g/mol. The van der Waals surface area contributed by atoms with Gasteiger partial charge in [0.2, 0.25) is 0 Å². The maximum atomic E-state index is 11.6. The minimum Gasteiger partial charge on any atom is -0.482 e. The lowest BCUT2D eigenvalue weighted by Crippen LogP contribution is -2.17. The van der Waals surface area contributed by atoms with Crippen molar-refractivity contribution in [1.29, 1.82) is 0 Å². The second-order valence-electron chi connectivity index (χ2n) is 8.95. The average molecular weight is 567 g/mol. The van der Waals surface area contributed by atoms with Crippen molar-refractivity contribution in [2.24, 2.45) is 0 Å². The Bertz CT molecular complexity index is 1230. The molecule has 0 unspecified atom stereocenters. The van der Waals surface area contributed by atoms with Crippen molar-refractivity contribution in [2.45, 2.75) is 70.1 Å². The van der Waals surface area contributed by atoms with Gasteiger partial charge in [0, 0.05) is 10.7 Å². The summed E-state index contributed by atoms with van der Waals surface area (Å²) in [7, 11) is 1.70. The zero-order valence-corrected chi connectivity index (χ0v) is 23.5. The molecule has 8 nitrogen and oxygen atoms in total. The van der Waals surface area contributed by atoms with E-state index >= 15 is 0 Å². The number of esters is 2. The largest absolute Gasteiger partial charge is 0.482 e. The van der Waals surface area contributed by atoms with Crippen LogP contribution in [0.3, 0.4) is 0 Å². The van der Waals surface area contributed by atoms with Crippen LogP contribution in [0, 0.1) is 0 Å². The first kappa shape index (κ1) is 29.8. The summed E-state index contributed by atoms with van der Waals surface area (Å²) in [5, 5.41) is 0. The van der Waals surface area contributed by atoms with E-state index in [0.29, 0.717) is 37.4 Å². The van der Waals surface area contributed by atoms with E-state index in [1.165, 1.54) is 30.0 Å². The SMILES string of the molecule is CCOC(=O)COc1ccc(S(=O)(=O)Cl)c2c1CCCC2.CCOC(=O)COc1cccc2c1CCCC2. The Labute approximate surface area is 229 Å². The van der Waals surface area contributed by atoms with E-state index in [1.54, 1.807) is 19.9 Å². The number of fused-ring (bicyclic) bond motifs is 2. The molecule has 10 heteroatoms. The Morgan fingerprint density at radius 2 is 1.26 bits per heavy atom. The van der Waals surface area contributed by atoms with Gasteiger partial charge in [0.05, 0.1) is 18.1 Å². The summed E-state index contributed by atoms with van der Waals surface area (Å²) in [6, 6.07) is 9.06. The molecule has 0 spiro atoms. The highest BCUT2D eigenvalue weighted by molar-refractivity contribution is 8.13. The molecule has 2 aromatic rings. The van der Waals surface area contributed by atoms with Crippen molar-refractivity contribution in [2.75, 3.05) is 26.4 Å². The lowest BCUT2D eigenvalue weighted by molar-refractivity contribution is -0.146. The van der Waals surface area contributed by atoms with Gasteiger partial charge < -0.3 is 18.9 Å². The van der Waals surface area contributed by atoms with Gasteiger partial charge in [0.1, 0.15) is 11.5 Å². The van der Waals surface area contributed by atoms with Crippen molar-refractivity contribution in [3.05, 3.63) is 52.6 Å². The second kappa shape index (κ2) is 14.4. The van der Waals surface area contributed by atoms with Crippen LogP contribution in [0.1, 0.15) is 61.8 Å². The molecule has 2 aliphatic rings. The van der Waals surface area contributed by atoms with E-state index in [4.69, 9.17) is 29.6 Å². The summed E-state index contributed by atoms with van der Waals surface area (Å²) in [4.78, 5) is 22.7. The van der Waals surface area contributed by atoms with Gasteiger partial charge in [-0.3, -0.25) is 0 Å². The third-order valence-electron chi connectivity index (χ3n) is 6.37. The maximum absolute atomic E-state index is 11.6. The van der Waals surface area contributed by atoms with Gasteiger partial charge in [0.25, 0.3) is 9.05 Å². The summed E-state index contributed by atoms with van der Waals surface area (Å²) in [6.45, 7) is 4.03. The van der Waals surface area contributed by atoms with E-state index < -0.39 is 15.0 Å². The summed E-state index contributed by atoms with van der Waals surface area (Å²) in [6.07, 6.45) is 7.84. The number of hydrogen-bond donors (Lipinski definition) is 0. The van der Waals surface area contributed by atoms with Crippen LogP contribution in [0.2, 0.25) is 0 Å². The van der Waals surface area contributed by atoms with Crippen LogP contribution in [0.15, 0.2) is 35.2 Å². The molecule has 0 aromatic heterocycles. The van der Waals surface area contributed by atoms with Crippen molar-refractivity contribution in [1.82, 2.24) is 0 Å². The Hall–Kier alpha value is -2.78. The Morgan fingerprint density at radius 3 is 1.84 bits per heavy atom. The summed E-state index contributed by atoms with van der Waals surface area (Å²) >= 11 is 0. The van der Waals surface area contributed by atoms with Gasteiger partial charge in [-0.05, 0) is 106 Å². The lowest BCUT2D eigenvalue weighted by Gasteiger charge is -2.21. The smallest absolute Gasteiger partial charge is 0.344 e. The molecule has 0 saturated heterocycles. The van der Waals surface area contributed by atoms with Gasteiger partial charge in [-0.15, -0.1) is 0 Å². The van der Waals surface area contributed by atoms with Gasteiger partial charge in [-0.25, -0.2) is 18.0 Å². The predicted octanol–water partition coefficient (Wildman–Crippen LogP) is 4.94. The molecule has 0 aliphatic heterocycles. The van der Waals surface area contributed by atoms with Crippen LogP contribution < -0.4 is 9.47 Å². The number of ether oxygens (including phenoxy) is 4. The minimum atomic E-state index is -3.78. The molecule has 0 fully saturated rings. The van der Waals surface area contributed by atoms with Crippen molar-refractivity contribution in [3.8, 4) is 11.5 Å². The van der Waals surface area contributed by atoms with Crippen LogP contribution in [-0.2, 0) is 53.8 Å². The highest BCUT2D eigenvalue weighted by Gasteiger charge is 2.24. The molecule has 0 atom stereocenters. The summed E-state index contributed by atoms with van der Waals surface area (Å²) in [5.74, 6) is 0.620. The van der Waals surface area contributed by atoms with E-state index in [9.17, 15) is 18.0 Å². The van der Waals surface area contributed by atoms with Crippen LogP contribution in [0.4, 0.5) is 0 Å². The maximum Gasteiger partial charge on any atom is 0.344 e. The minimum absolute atomic E-state index is 0.00426. The summed E-state index contributed by atoms with van der Waals surface area (Å²) in [5.41, 5.74) is 4.16. The molecule has 0 heterocycles. The normalized spacial score (nSPS) is 14.2. The number of aryl methyl sites for hydroxylation is 1. The number of carbonyl (C=O) groups excluding carboxylic acids is 2. The zero-order valence-electron chi connectivity index (χ0n) is 21.9. The summed E-state index contributed by atoms with van der Waals surface area (Å²) < 4.78 is 43.9. The van der Waals surface area contributed by atoms with Crippen molar-refractivity contribution < 1.29 is 37.0 Å². The fourth-order valence-corrected chi connectivity index (χ4v) is 5.91. The molecule has 2 aromatic carbocycles. The Kier molecular flexibility index (Phi) is 11.3. The van der Waals surface area contributed by atoms with Crippen LogP contribution in [0.5, 0.6) is 11.5 Å². The first-order valence-electron chi connectivity index (χ1n) is 13.0. The molecule has 0 amide bonds. The highest BCUT2D eigenvalue weighted by atomic mass is 35.7. The standard InChI is InChI=1S/C14H17ClO5S.C14H18O3/c1-2-19-14(16)9-20-12-7-8-13(21(15,17)18)11-6-4-3-5-10(11)12;1-2-16-14(15)10-17-13-9-5-7-11-6-3-4-8-12(11)13/h7-8H,2-6,9H2,1H3;5,7,9H,2-4,6,8,10H2,1H3. The number of carbonyl (C=O) groups is 2. The van der Waals surface area contributed by atoms with E-state index in [1.807, 2.05) is 12.1 Å². The van der Waals surface area contributed by atoms with E-state index in [0.717, 1.165) is 37.0 Å². The number of hydrogen-bond acceptors (Lipinski definition) is 8. The van der Waals surface area contributed by atoms with E-state index in [2.05, 4.69) is 6.07 Å². The molecule has 0 saturated carbocycles. The second-order valence-corrected chi connectivity index (χ2v) is 11.5. The van der Waals surface area contributed by atoms with Gasteiger partial charge in [0.15, 0.2) is 13.2 Å². The Balaban J connectivity index is 0.000000215. The Morgan fingerprint density at radius 1 is 0.737 bits per heavy atom. The number of rotatable bonds is 9. The molecule has 0 bridgehead atoms. The molecule has 38 heavy (non-hydrogen) atoms. The fraction of sp³-hybridized carbons (Fsp3) is 0.500. The third kappa shape index (κ3) is 8.36. The lowest BCUT2D eigenvalue weighted by atomic mass is 9.91. The first-order chi connectivity index (χ1) is 18.2. The van der Waals surface area contributed by atoms with Gasteiger partial charge >= 0.3 is 11.9 Å². The molecule has 0 radical (unpaired) electrons. The van der Waals surface area contributed by atoms with Crippen LogP contribution >= 0.6 is 10.7 Å². The molecule has 208 valence electrons. The first-order valence-corrected chi connectivity index (χ1v) is 15.3. The van der Waals surface area contributed by atoms with Crippen molar-refractivity contribution in [3.63, 3.8) is 0 Å². The predicted molar refractivity (Wildman–Crippen MR) is 143 cm³/mol. The molecular weight excluding hydrogens is 532 g/mol. The highest BCUT2D eigenvalue weighted by Crippen LogP contribution is 2.35. The quantitative estimate of drug-likeness (QED) is 0.310. The molecule has 4 rings (SSSR count). The van der Waals surface area contributed by atoms with Crippen LogP contribution in [0.25, 0.3) is 0 Å². The van der Waals surface area contributed by atoms with Crippen molar-refractivity contribution >= 4 is 31.7 Å². The third-order valence-corrected chi connectivity index (χ3v) is 7.77. The van der Waals surface area contributed by atoms with E-state index in [-0.39, 0.29) is 24.1 Å². The van der Waals surface area contributed by atoms with Gasteiger partial charge in [-0.1, -0.05) is 12.1 Å². The van der Waals surface area contributed by atoms with Gasteiger partial charge in [-0.2, -0.15) is 0 Å². The number of halogens is 1. The zero-order chi connectivity index (χ0) is 27.5. The molecular formula is C28H35ClO8S. The topological polar surface area (TPSA) is 105 Å². The molecule has 0 N–H and O–H groups in total. The number of benzene rings is 2. The van der Waals surface area contributed by atoms with Crippen LogP contribution in [-0.4, -0.2) is 46.8 Å². The fourth-order valence-electron chi connectivity index (χ4n) is 4.73. The average Bonchev–Trinajstić information content (AvgIpc) is 2.90. The molecule has 2 aliphatic carbocycles.